The fourth-order valence-electron chi connectivity index (χ4n) is 1.89. The lowest BCUT2D eigenvalue weighted by Crippen LogP contribution is -2.26. The van der Waals surface area contributed by atoms with E-state index in [0.29, 0.717) is 5.02 Å². The molecule has 2 N–H and O–H groups in total. The number of amides is 1. The number of hydrazone groups is 1. The summed E-state index contributed by atoms with van der Waals surface area (Å²) in [5, 5.41) is 7.59. The van der Waals surface area contributed by atoms with E-state index in [1.807, 2.05) is 43.3 Å². The van der Waals surface area contributed by atoms with Crippen LogP contribution in [0.2, 0.25) is 5.02 Å². The third-order valence-electron chi connectivity index (χ3n) is 3.18. The number of hydrogen-bond donors (Lipinski definition) is 2. The minimum atomic E-state index is -0.238. The van der Waals surface area contributed by atoms with Gasteiger partial charge in [0, 0.05) is 35.0 Å². The minimum absolute atomic E-state index is 0.108. The molecule has 0 atom stereocenters. The van der Waals surface area contributed by atoms with Crippen molar-refractivity contribution in [2.24, 2.45) is 5.10 Å². The molecule has 5 nitrogen and oxygen atoms in total. The number of anilines is 2. The molecule has 7 heteroatoms. The van der Waals surface area contributed by atoms with E-state index in [1.165, 1.54) is 0 Å². The van der Waals surface area contributed by atoms with Gasteiger partial charge in [-0.2, -0.15) is 5.10 Å². The lowest BCUT2D eigenvalue weighted by Gasteiger charge is -2.11. The first-order chi connectivity index (χ1) is 11.5. The van der Waals surface area contributed by atoms with Crippen molar-refractivity contribution in [2.45, 2.75) is 0 Å². The summed E-state index contributed by atoms with van der Waals surface area (Å²) in [6.45, 7) is 0.108. The number of nitrogens with zero attached hydrogens (tertiary/aromatic N) is 2. The van der Waals surface area contributed by atoms with Crippen LogP contribution < -0.4 is 15.6 Å². The van der Waals surface area contributed by atoms with Crippen LogP contribution in [0.15, 0.2) is 52.0 Å². The molecular weight excluding hydrogens is 392 g/mol. The van der Waals surface area contributed by atoms with E-state index in [-0.39, 0.29) is 12.5 Å². The van der Waals surface area contributed by atoms with Gasteiger partial charge in [0.05, 0.1) is 12.8 Å². The summed E-state index contributed by atoms with van der Waals surface area (Å²) in [7, 11) is 3.96. The Kier molecular flexibility index (Phi) is 6.63. The molecule has 2 rings (SSSR count). The van der Waals surface area contributed by atoms with Gasteiger partial charge in [0.25, 0.3) is 5.91 Å². The van der Waals surface area contributed by atoms with E-state index in [2.05, 4.69) is 31.8 Å². The molecule has 2 aromatic carbocycles. The molecule has 0 unspecified atom stereocenters. The second-order valence-corrected chi connectivity index (χ2v) is 6.55. The quantitative estimate of drug-likeness (QED) is 0.564. The van der Waals surface area contributed by atoms with E-state index >= 15 is 0 Å². The highest BCUT2D eigenvalue weighted by atomic mass is 79.9. The van der Waals surface area contributed by atoms with Crippen LogP contribution >= 0.6 is 27.5 Å². The summed E-state index contributed by atoms with van der Waals surface area (Å²) in [4.78, 5) is 13.8. The zero-order valence-electron chi connectivity index (χ0n) is 13.4. The van der Waals surface area contributed by atoms with Crippen molar-refractivity contribution in [3.8, 4) is 0 Å². The third-order valence-corrected chi connectivity index (χ3v) is 4.07. The summed E-state index contributed by atoms with van der Waals surface area (Å²) >= 11 is 9.26. The highest BCUT2D eigenvalue weighted by molar-refractivity contribution is 9.10. The van der Waals surface area contributed by atoms with Crippen LogP contribution in [-0.4, -0.2) is 32.8 Å². The molecule has 0 saturated heterocycles. The fraction of sp³-hybridized carbons (Fsp3) is 0.176. The molecule has 1 amide bonds. The van der Waals surface area contributed by atoms with Crippen LogP contribution in [0.1, 0.15) is 5.56 Å². The second kappa shape index (κ2) is 8.70. The Morgan fingerprint density at radius 2 is 1.96 bits per heavy atom. The van der Waals surface area contributed by atoms with Crippen molar-refractivity contribution < 1.29 is 4.79 Å². The van der Waals surface area contributed by atoms with Crippen molar-refractivity contribution in [3.05, 3.63) is 57.5 Å². The van der Waals surface area contributed by atoms with E-state index in [1.54, 1.807) is 24.4 Å². The molecule has 126 valence electrons. The number of nitrogens with one attached hydrogen (secondary N) is 2. The molecule has 0 saturated carbocycles. The number of rotatable bonds is 6. The van der Waals surface area contributed by atoms with Crippen molar-refractivity contribution in [1.29, 1.82) is 0 Å². The largest absolute Gasteiger partial charge is 0.378 e. The van der Waals surface area contributed by atoms with Crippen molar-refractivity contribution >= 4 is 51.0 Å². The molecule has 24 heavy (non-hydrogen) atoms. The van der Waals surface area contributed by atoms with Gasteiger partial charge in [-0.15, -0.1) is 0 Å². The maximum absolute atomic E-state index is 11.8. The average Bonchev–Trinajstić information content (AvgIpc) is 2.54. The fourth-order valence-corrected chi connectivity index (χ4v) is 2.71. The van der Waals surface area contributed by atoms with Gasteiger partial charge < -0.3 is 10.2 Å². The van der Waals surface area contributed by atoms with Crippen LogP contribution in [0.25, 0.3) is 0 Å². The number of benzene rings is 2. The van der Waals surface area contributed by atoms with Crippen LogP contribution in [0.5, 0.6) is 0 Å². The van der Waals surface area contributed by atoms with E-state index < -0.39 is 0 Å². The van der Waals surface area contributed by atoms with E-state index in [4.69, 9.17) is 11.6 Å². The normalized spacial score (nSPS) is 10.7. The zero-order chi connectivity index (χ0) is 17.5. The standard InChI is InChI=1S/C17H18BrClN4O/c1-23(2)14-6-3-12(4-7-14)10-21-22-17(24)11-20-16-8-5-13(19)9-15(16)18/h3-10,20H,11H2,1-2H3,(H,22,24). The molecule has 0 aliphatic rings. The highest BCUT2D eigenvalue weighted by Gasteiger charge is 2.03. The number of halogens is 2. The molecule has 0 bridgehead atoms. The first-order valence-corrected chi connectivity index (χ1v) is 8.41. The Hall–Kier alpha value is -2.05. The van der Waals surface area contributed by atoms with E-state index in [0.717, 1.165) is 21.4 Å². The smallest absolute Gasteiger partial charge is 0.259 e. The van der Waals surface area contributed by atoms with Gasteiger partial charge in [-0.05, 0) is 51.8 Å². The van der Waals surface area contributed by atoms with Gasteiger partial charge >= 0.3 is 0 Å². The molecule has 0 fully saturated rings. The summed E-state index contributed by atoms with van der Waals surface area (Å²) in [5.74, 6) is -0.238. The van der Waals surface area contributed by atoms with Crippen LogP contribution in [0.3, 0.4) is 0 Å². The molecular formula is C17H18BrClN4O. The SMILES string of the molecule is CN(C)c1ccc(C=NNC(=O)CNc2ccc(Cl)cc2Br)cc1. The molecule has 0 aromatic heterocycles. The molecule has 0 aliphatic carbocycles. The Labute approximate surface area is 154 Å². The number of carbonyl (C=O) groups is 1. The first-order valence-electron chi connectivity index (χ1n) is 7.24. The Bertz CT molecular complexity index is 732. The molecule has 2 aromatic rings. The van der Waals surface area contributed by atoms with Crippen LogP contribution in [-0.2, 0) is 4.79 Å². The van der Waals surface area contributed by atoms with Gasteiger partial charge in [-0.3, -0.25) is 4.79 Å². The van der Waals surface area contributed by atoms with Crippen LogP contribution in [0, 0.1) is 0 Å². The van der Waals surface area contributed by atoms with Gasteiger partial charge in [0.1, 0.15) is 0 Å². The number of carbonyl (C=O) groups excluding carboxylic acids is 1. The topological polar surface area (TPSA) is 56.7 Å². The lowest BCUT2D eigenvalue weighted by atomic mass is 10.2. The van der Waals surface area contributed by atoms with Gasteiger partial charge in [-0.25, -0.2) is 5.43 Å². The van der Waals surface area contributed by atoms with Crippen molar-refractivity contribution in [3.63, 3.8) is 0 Å². The van der Waals surface area contributed by atoms with Crippen molar-refractivity contribution in [2.75, 3.05) is 30.9 Å². The number of hydrogen-bond acceptors (Lipinski definition) is 4. The molecule has 0 heterocycles. The van der Waals surface area contributed by atoms with E-state index in [9.17, 15) is 4.79 Å². The molecule has 0 spiro atoms. The lowest BCUT2D eigenvalue weighted by molar-refractivity contribution is -0.119. The highest BCUT2D eigenvalue weighted by Crippen LogP contribution is 2.25. The maximum atomic E-state index is 11.8. The first kappa shape index (κ1) is 18.3. The Morgan fingerprint density at radius 1 is 1.25 bits per heavy atom. The van der Waals surface area contributed by atoms with Crippen molar-refractivity contribution in [1.82, 2.24) is 5.43 Å². The second-order valence-electron chi connectivity index (χ2n) is 5.26. The molecule has 0 aliphatic heterocycles. The Balaban J connectivity index is 1.82. The minimum Gasteiger partial charge on any atom is -0.378 e. The van der Waals surface area contributed by atoms with Gasteiger partial charge in [-0.1, -0.05) is 23.7 Å². The summed E-state index contributed by atoms with van der Waals surface area (Å²) < 4.78 is 0.798. The van der Waals surface area contributed by atoms with Gasteiger partial charge in [0.15, 0.2) is 0 Å². The average molecular weight is 410 g/mol. The summed E-state index contributed by atoms with van der Waals surface area (Å²) in [6, 6.07) is 13.2. The van der Waals surface area contributed by atoms with Crippen LogP contribution in [0.4, 0.5) is 11.4 Å². The molecule has 0 radical (unpaired) electrons. The maximum Gasteiger partial charge on any atom is 0.259 e. The predicted molar refractivity (Wildman–Crippen MR) is 104 cm³/mol. The third kappa shape index (κ3) is 5.54. The summed E-state index contributed by atoms with van der Waals surface area (Å²) in [5.41, 5.74) is 5.29. The summed E-state index contributed by atoms with van der Waals surface area (Å²) in [6.07, 6.45) is 1.61. The zero-order valence-corrected chi connectivity index (χ0v) is 15.7. The van der Waals surface area contributed by atoms with Gasteiger partial charge in [0.2, 0.25) is 0 Å². The monoisotopic (exact) mass is 408 g/mol. The predicted octanol–water partition coefficient (Wildman–Crippen LogP) is 3.73. The Morgan fingerprint density at radius 3 is 2.58 bits per heavy atom.